The van der Waals surface area contributed by atoms with Crippen LogP contribution in [0.25, 0.3) is 0 Å². The predicted molar refractivity (Wildman–Crippen MR) is 68.7 cm³/mol. The molecular weight excluding hydrogens is 236 g/mol. The van der Waals surface area contributed by atoms with Gasteiger partial charge in [0.2, 0.25) is 0 Å². The van der Waals surface area contributed by atoms with Crippen molar-refractivity contribution in [2.75, 3.05) is 33.0 Å². The van der Waals surface area contributed by atoms with E-state index >= 15 is 0 Å². The van der Waals surface area contributed by atoms with E-state index in [1.165, 1.54) is 0 Å². The highest BCUT2D eigenvalue weighted by Gasteiger charge is 2.10. The molecule has 0 unspecified atom stereocenters. The number of rotatable bonds is 4. The zero-order valence-electron chi connectivity index (χ0n) is 9.63. The molecule has 1 aromatic heterocycles. The van der Waals surface area contributed by atoms with Crippen molar-refractivity contribution in [1.82, 2.24) is 20.2 Å². The zero-order valence-corrected chi connectivity index (χ0v) is 10.4. The molecule has 0 amide bonds. The highest BCUT2D eigenvalue weighted by molar-refractivity contribution is 7.80. The highest BCUT2D eigenvalue weighted by atomic mass is 32.1. The molecule has 2 rings (SSSR count). The lowest BCUT2D eigenvalue weighted by Crippen LogP contribution is -2.43. The topological polar surface area (TPSA) is 50.3 Å². The number of thiocarbonyl (C=S) groups is 1. The van der Waals surface area contributed by atoms with Crippen molar-refractivity contribution in [2.24, 2.45) is 0 Å². The second-order valence-corrected chi connectivity index (χ2v) is 4.35. The lowest BCUT2D eigenvalue weighted by molar-refractivity contribution is 0.0367. The quantitative estimate of drug-likeness (QED) is 0.774. The first-order chi connectivity index (χ1) is 8.34. The molecule has 1 N–H and O–H groups in total. The summed E-state index contributed by atoms with van der Waals surface area (Å²) in [4.78, 5) is 11.3. The minimum atomic E-state index is 0.646. The molecule has 0 spiro atoms. The molecule has 2 heterocycles. The molecule has 0 saturated carbocycles. The summed E-state index contributed by atoms with van der Waals surface area (Å²) in [7, 11) is 0. The minimum absolute atomic E-state index is 0.646. The van der Waals surface area contributed by atoms with Gasteiger partial charge in [-0.05, 0) is 0 Å². The molecule has 0 atom stereocenters. The summed E-state index contributed by atoms with van der Waals surface area (Å²) in [6.07, 6.45) is 5.73. The summed E-state index contributed by atoms with van der Waals surface area (Å²) >= 11 is 5.27. The van der Waals surface area contributed by atoms with E-state index in [1.807, 2.05) is 0 Å². The molecule has 5 nitrogen and oxygen atoms in total. The van der Waals surface area contributed by atoms with Crippen LogP contribution in [0.5, 0.6) is 0 Å². The summed E-state index contributed by atoms with van der Waals surface area (Å²) in [5.74, 6) is 0. The monoisotopic (exact) mass is 252 g/mol. The zero-order chi connectivity index (χ0) is 11.9. The summed E-state index contributed by atoms with van der Waals surface area (Å²) in [6.45, 7) is 4.31. The highest BCUT2D eigenvalue weighted by Crippen LogP contribution is 1.96. The number of hydrogen-bond acceptors (Lipinski definition) is 5. The van der Waals surface area contributed by atoms with Gasteiger partial charge in [-0.15, -0.1) is 0 Å². The Morgan fingerprint density at radius 2 is 2.24 bits per heavy atom. The fourth-order valence-electron chi connectivity index (χ4n) is 1.61. The van der Waals surface area contributed by atoms with Crippen LogP contribution in [0, 0.1) is 0 Å². The van der Waals surface area contributed by atoms with Crippen molar-refractivity contribution >= 4 is 17.2 Å². The summed E-state index contributed by atoms with van der Waals surface area (Å²) in [5, 5.41) is 3.23. The Kier molecular flexibility index (Phi) is 4.78. The Hall–Kier alpha value is -1.11. The van der Waals surface area contributed by atoms with E-state index in [0.29, 0.717) is 6.42 Å². The van der Waals surface area contributed by atoms with Gasteiger partial charge in [0.05, 0.1) is 30.6 Å². The molecule has 17 heavy (non-hydrogen) atoms. The summed E-state index contributed by atoms with van der Waals surface area (Å²) < 4.78 is 5.28. The van der Waals surface area contributed by atoms with E-state index < -0.39 is 0 Å². The predicted octanol–water partition coefficient (Wildman–Crippen LogP) is 0.226. The summed E-state index contributed by atoms with van der Waals surface area (Å²) in [5.41, 5.74) is 0.895. The Balaban J connectivity index is 1.70. The van der Waals surface area contributed by atoms with Gasteiger partial charge in [0.1, 0.15) is 0 Å². The van der Waals surface area contributed by atoms with Gasteiger partial charge in [-0.2, -0.15) is 0 Å². The van der Waals surface area contributed by atoms with Crippen LogP contribution in [0.4, 0.5) is 0 Å². The molecule has 92 valence electrons. The number of aromatic nitrogens is 2. The van der Waals surface area contributed by atoms with Gasteiger partial charge < -0.3 is 10.1 Å². The van der Waals surface area contributed by atoms with Gasteiger partial charge in [-0.25, -0.2) is 0 Å². The van der Waals surface area contributed by atoms with E-state index in [4.69, 9.17) is 17.0 Å². The van der Waals surface area contributed by atoms with Crippen molar-refractivity contribution in [3.05, 3.63) is 24.3 Å². The molecule has 6 heteroatoms. The van der Waals surface area contributed by atoms with Gasteiger partial charge in [-0.3, -0.25) is 14.9 Å². The maximum atomic E-state index is 5.28. The number of hydrogen-bond donors (Lipinski definition) is 1. The second kappa shape index (κ2) is 6.58. The lowest BCUT2D eigenvalue weighted by atomic mass is 10.3. The van der Waals surface area contributed by atoms with Gasteiger partial charge in [0.15, 0.2) is 0 Å². The first-order valence-electron chi connectivity index (χ1n) is 5.66. The third-order valence-corrected chi connectivity index (χ3v) is 2.85. The van der Waals surface area contributed by atoms with Crippen LogP contribution in [0.15, 0.2) is 18.6 Å². The molecule has 1 aromatic rings. The summed E-state index contributed by atoms with van der Waals surface area (Å²) in [6, 6.07) is 0. The normalized spacial score (nSPS) is 16.7. The Bertz CT molecular complexity index is 354. The maximum Gasteiger partial charge on any atom is 0.0824 e. The van der Waals surface area contributed by atoms with E-state index in [1.54, 1.807) is 18.6 Å². The van der Waals surface area contributed by atoms with Gasteiger partial charge in [0, 0.05) is 38.1 Å². The Morgan fingerprint density at radius 3 is 2.94 bits per heavy atom. The second-order valence-electron chi connectivity index (χ2n) is 3.86. The standard InChI is InChI=1S/C11H16N4OS/c17-11(7-10-8-12-1-2-13-10)14-9-15-3-5-16-6-4-15/h1-2,8H,3-7,9H2,(H,14,17). The average molecular weight is 252 g/mol. The number of nitrogens with zero attached hydrogens (tertiary/aromatic N) is 3. The lowest BCUT2D eigenvalue weighted by Gasteiger charge is -2.27. The Labute approximate surface area is 106 Å². The van der Waals surface area contributed by atoms with Crippen LogP contribution in [0.2, 0.25) is 0 Å². The van der Waals surface area contributed by atoms with Gasteiger partial charge in [0.25, 0.3) is 0 Å². The molecule has 0 aromatic carbocycles. The van der Waals surface area contributed by atoms with Crippen LogP contribution in [-0.4, -0.2) is 52.8 Å². The van der Waals surface area contributed by atoms with Crippen LogP contribution >= 0.6 is 12.2 Å². The van der Waals surface area contributed by atoms with Crippen molar-refractivity contribution in [3.63, 3.8) is 0 Å². The first-order valence-corrected chi connectivity index (χ1v) is 6.07. The third-order valence-electron chi connectivity index (χ3n) is 2.56. The molecular formula is C11H16N4OS. The first kappa shape index (κ1) is 12.3. The molecule has 1 aliphatic rings. The molecule has 0 bridgehead atoms. The van der Waals surface area contributed by atoms with E-state index in [0.717, 1.165) is 43.7 Å². The Morgan fingerprint density at radius 1 is 1.41 bits per heavy atom. The van der Waals surface area contributed by atoms with Crippen molar-refractivity contribution in [2.45, 2.75) is 6.42 Å². The molecule has 0 aliphatic carbocycles. The molecule has 1 aliphatic heterocycles. The van der Waals surface area contributed by atoms with Crippen LogP contribution in [-0.2, 0) is 11.2 Å². The van der Waals surface area contributed by atoms with Crippen LogP contribution < -0.4 is 5.32 Å². The van der Waals surface area contributed by atoms with Crippen LogP contribution in [0.3, 0.4) is 0 Å². The number of nitrogens with one attached hydrogen (secondary N) is 1. The van der Waals surface area contributed by atoms with Crippen molar-refractivity contribution < 1.29 is 4.74 Å². The van der Waals surface area contributed by atoms with E-state index in [9.17, 15) is 0 Å². The van der Waals surface area contributed by atoms with E-state index in [-0.39, 0.29) is 0 Å². The number of morpholine rings is 1. The average Bonchev–Trinajstić information content (AvgIpc) is 2.39. The minimum Gasteiger partial charge on any atom is -0.379 e. The molecule has 0 radical (unpaired) electrons. The van der Waals surface area contributed by atoms with Gasteiger partial charge in [-0.1, -0.05) is 12.2 Å². The van der Waals surface area contributed by atoms with Gasteiger partial charge >= 0.3 is 0 Å². The molecule has 1 fully saturated rings. The smallest absolute Gasteiger partial charge is 0.0824 e. The molecule has 1 saturated heterocycles. The number of ether oxygens (including phenoxy) is 1. The fraction of sp³-hybridized carbons (Fsp3) is 0.545. The fourth-order valence-corrected chi connectivity index (χ4v) is 1.82. The van der Waals surface area contributed by atoms with Crippen molar-refractivity contribution in [3.8, 4) is 0 Å². The third kappa shape index (κ3) is 4.33. The van der Waals surface area contributed by atoms with Crippen LogP contribution in [0.1, 0.15) is 5.69 Å². The largest absolute Gasteiger partial charge is 0.379 e. The maximum absolute atomic E-state index is 5.28. The van der Waals surface area contributed by atoms with E-state index in [2.05, 4.69) is 20.2 Å². The SMILES string of the molecule is S=C(Cc1cnccn1)NCN1CCOCC1. The van der Waals surface area contributed by atoms with Crippen molar-refractivity contribution in [1.29, 1.82) is 0 Å².